The van der Waals surface area contributed by atoms with Gasteiger partial charge in [-0.2, -0.15) is 8.42 Å². The second kappa shape index (κ2) is 4.64. The maximum absolute atomic E-state index is 11.9. The molecular formula is C14H12N2O3S. The highest BCUT2D eigenvalue weighted by Crippen LogP contribution is 2.27. The number of sulfonamides is 1. The number of benzene rings is 2. The lowest BCUT2D eigenvalue weighted by Gasteiger charge is -2.07. The summed E-state index contributed by atoms with van der Waals surface area (Å²) in [7, 11) is -2.00. The lowest BCUT2D eigenvalue weighted by Crippen LogP contribution is -2.11. The van der Waals surface area contributed by atoms with Gasteiger partial charge in [-0.1, -0.05) is 12.1 Å². The van der Waals surface area contributed by atoms with Gasteiger partial charge >= 0.3 is 0 Å². The molecule has 0 amide bonds. The van der Waals surface area contributed by atoms with Crippen LogP contribution in [-0.4, -0.2) is 21.4 Å². The number of methoxy groups -OCH3 is 1. The van der Waals surface area contributed by atoms with Crippen molar-refractivity contribution in [1.82, 2.24) is 0 Å². The molecule has 2 aromatic carbocycles. The van der Waals surface area contributed by atoms with Crippen LogP contribution in [0.2, 0.25) is 0 Å². The van der Waals surface area contributed by atoms with E-state index in [0.29, 0.717) is 11.4 Å². The summed E-state index contributed by atoms with van der Waals surface area (Å²) in [6, 6.07) is 13.9. The van der Waals surface area contributed by atoms with Gasteiger partial charge in [0.05, 0.1) is 7.11 Å². The summed E-state index contributed by atoms with van der Waals surface area (Å²) in [5.41, 5.74) is 1.33. The molecule has 1 N–H and O–H groups in total. The van der Waals surface area contributed by atoms with Crippen LogP contribution in [0, 0.1) is 0 Å². The van der Waals surface area contributed by atoms with Crippen molar-refractivity contribution in [2.24, 2.45) is 4.40 Å². The predicted octanol–water partition coefficient (Wildman–Crippen LogP) is 2.26. The second-order valence-corrected chi connectivity index (χ2v) is 5.84. The Morgan fingerprint density at radius 1 is 1.05 bits per heavy atom. The maximum Gasteiger partial charge on any atom is 0.285 e. The van der Waals surface area contributed by atoms with Crippen LogP contribution in [0.4, 0.5) is 5.69 Å². The molecule has 2 aromatic rings. The summed E-state index contributed by atoms with van der Waals surface area (Å²) >= 11 is 0. The number of hydrogen-bond donors (Lipinski definition) is 1. The molecule has 0 aliphatic carbocycles. The van der Waals surface area contributed by atoms with Gasteiger partial charge in [0.1, 0.15) is 10.6 Å². The second-order valence-electron chi connectivity index (χ2n) is 4.26. The van der Waals surface area contributed by atoms with Gasteiger partial charge in [0.2, 0.25) is 0 Å². The van der Waals surface area contributed by atoms with E-state index in [1.165, 1.54) is 0 Å². The summed E-state index contributed by atoms with van der Waals surface area (Å²) in [6.45, 7) is 0. The Labute approximate surface area is 117 Å². The summed E-state index contributed by atoms with van der Waals surface area (Å²) in [5, 5.41) is 3.02. The molecule has 0 saturated carbocycles. The van der Waals surface area contributed by atoms with Crippen molar-refractivity contribution >= 4 is 21.5 Å². The van der Waals surface area contributed by atoms with Crippen molar-refractivity contribution in [3.63, 3.8) is 0 Å². The quantitative estimate of drug-likeness (QED) is 0.920. The molecule has 3 rings (SSSR count). The first-order chi connectivity index (χ1) is 9.60. The molecule has 1 heterocycles. The largest absolute Gasteiger partial charge is 0.497 e. The van der Waals surface area contributed by atoms with E-state index in [0.717, 1.165) is 11.4 Å². The topological polar surface area (TPSA) is 67.8 Å². The van der Waals surface area contributed by atoms with E-state index in [1.54, 1.807) is 55.6 Å². The molecule has 1 aliphatic rings. The van der Waals surface area contributed by atoms with Crippen LogP contribution in [-0.2, 0) is 10.0 Å². The predicted molar refractivity (Wildman–Crippen MR) is 76.8 cm³/mol. The molecule has 0 radical (unpaired) electrons. The molecule has 0 aromatic heterocycles. The highest BCUT2D eigenvalue weighted by Gasteiger charge is 2.28. The molecule has 1 aliphatic heterocycles. The first kappa shape index (κ1) is 12.7. The fourth-order valence-electron chi connectivity index (χ4n) is 2.01. The summed E-state index contributed by atoms with van der Waals surface area (Å²) < 4.78 is 32.7. The minimum atomic E-state index is -3.59. The van der Waals surface area contributed by atoms with Crippen molar-refractivity contribution in [3.05, 3.63) is 54.1 Å². The number of fused-ring (bicyclic) bond motifs is 1. The number of ether oxygens (including phenoxy) is 1. The van der Waals surface area contributed by atoms with Gasteiger partial charge in [0.15, 0.2) is 5.84 Å². The molecule has 102 valence electrons. The summed E-state index contributed by atoms with van der Waals surface area (Å²) in [6.07, 6.45) is 0. The van der Waals surface area contributed by atoms with E-state index in [9.17, 15) is 8.42 Å². The molecule has 0 fully saturated rings. The normalized spacial score (nSPS) is 15.3. The molecule has 0 spiro atoms. The molecule has 0 bridgehead atoms. The van der Waals surface area contributed by atoms with Gasteiger partial charge in [-0.15, -0.1) is 4.40 Å². The van der Waals surface area contributed by atoms with Crippen LogP contribution in [0.5, 0.6) is 5.75 Å². The van der Waals surface area contributed by atoms with Crippen LogP contribution < -0.4 is 10.1 Å². The zero-order chi connectivity index (χ0) is 14.2. The van der Waals surface area contributed by atoms with Gasteiger partial charge in [-0.05, 0) is 36.4 Å². The minimum Gasteiger partial charge on any atom is -0.497 e. The van der Waals surface area contributed by atoms with Gasteiger partial charge in [-0.25, -0.2) is 0 Å². The van der Waals surface area contributed by atoms with Gasteiger partial charge in [-0.3, -0.25) is 0 Å². The molecule has 0 unspecified atom stereocenters. The third kappa shape index (κ3) is 2.14. The number of hydrogen-bond acceptors (Lipinski definition) is 4. The van der Waals surface area contributed by atoms with Crippen molar-refractivity contribution in [1.29, 1.82) is 0 Å². The molecular weight excluding hydrogens is 276 g/mol. The smallest absolute Gasteiger partial charge is 0.285 e. The zero-order valence-corrected chi connectivity index (χ0v) is 11.5. The van der Waals surface area contributed by atoms with Gasteiger partial charge in [0, 0.05) is 11.3 Å². The fourth-order valence-corrected chi connectivity index (χ4v) is 3.18. The van der Waals surface area contributed by atoms with Gasteiger partial charge in [0.25, 0.3) is 10.0 Å². The summed E-state index contributed by atoms with van der Waals surface area (Å²) in [5.74, 6) is 1.07. The average Bonchev–Trinajstić information content (AvgIpc) is 2.72. The van der Waals surface area contributed by atoms with E-state index < -0.39 is 10.0 Å². The molecule has 5 nitrogen and oxygen atoms in total. The first-order valence-corrected chi connectivity index (χ1v) is 7.39. The third-order valence-electron chi connectivity index (χ3n) is 2.98. The van der Waals surface area contributed by atoms with Crippen molar-refractivity contribution < 1.29 is 13.2 Å². The molecule has 0 saturated heterocycles. The number of rotatable bonds is 2. The van der Waals surface area contributed by atoms with E-state index in [4.69, 9.17) is 4.74 Å². The van der Waals surface area contributed by atoms with Crippen molar-refractivity contribution in [2.45, 2.75) is 4.90 Å². The number of amidine groups is 1. The summed E-state index contributed by atoms with van der Waals surface area (Å²) in [4.78, 5) is 0.232. The van der Waals surface area contributed by atoms with Crippen LogP contribution >= 0.6 is 0 Å². The Hall–Kier alpha value is -2.34. The molecule has 0 atom stereocenters. The fraction of sp³-hybridized carbons (Fsp3) is 0.0714. The van der Waals surface area contributed by atoms with E-state index in [2.05, 4.69) is 9.71 Å². The minimum absolute atomic E-state index is 0.232. The Bertz CT molecular complexity index is 780. The number of nitrogens with one attached hydrogen (secondary N) is 1. The Morgan fingerprint density at radius 3 is 2.45 bits per heavy atom. The lowest BCUT2D eigenvalue weighted by molar-refractivity contribution is 0.415. The lowest BCUT2D eigenvalue weighted by atomic mass is 10.2. The Morgan fingerprint density at radius 2 is 1.75 bits per heavy atom. The molecule has 20 heavy (non-hydrogen) atoms. The average molecular weight is 288 g/mol. The standard InChI is InChI=1S/C14H12N2O3S/c1-19-11-8-6-10(7-9-11)15-14-12-4-2-3-5-13(12)20(17,18)16-14/h2-9H,1H3,(H,15,16). The SMILES string of the molecule is COc1ccc(NC2=NS(=O)(=O)c3ccccc32)cc1. The van der Waals surface area contributed by atoms with Crippen LogP contribution in [0.3, 0.4) is 0 Å². The van der Waals surface area contributed by atoms with E-state index in [1.807, 2.05) is 0 Å². The van der Waals surface area contributed by atoms with E-state index >= 15 is 0 Å². The monoisotopic (exact) mass is 288 g/mol. The first-order valence-electron chi connectivity index (χ1n) is 5.95. The van der Waals surface area contributed by atoms with Crippen LogP contribution in [0.15, 0.2) is 57.8 Å². The van der Waals surface area contributed by atoms with Crippen molar-refractivity contribution in [3.8, 4) is 5.75 Å². The Balaban J connectivity index is 1.95. The number of nitrogens with zero attached hydrogens (tertiary/aromatic N) is 1. The van der Waals surface area contributed by atoms with Crippen LogP contribution in [0.1, 0.15) is 5.56 Å². The third-order valence-corrected chi connectivity index (χ3v) is 4.32. The van der Waals surface area contributed by atoms with E-state index in [-0.39, 0.29) is 4.90 Å². The van der Waals surface area contributed by atoms with Crippen molar-refractivity contribution in [2.75, 3.05) is 12.4 Å². The van der Waals surface area contributed by atoms with Gasteiger partial charge < -0.3 is 10.1 Å². The maximum atomic E-state index is 11.9. The zero-order valence-electron chi connectivity index (χ0n) is 10.7. The molecule has 6 heteroatoms. The highest BCUT2D eigenvalue weighted by atomic mass is 32.2. The number of anilines is 1. The van der Waals surface area contributed by atoms with Crippen LogP contribution in [0.25, 0.3) is 0 Å². The Kier molecular flexibility index (Phi) is 2.94. The highest BCUT2D eigenvalue weighted by molar-refractivity contribution is 7.90.